The van der Waals surface area contributed by atoms with Gasteiger partial charge in [-0.2, -0.15) is 0 Å². The van der Waals surface area contributed by atoms with Gasteiger partial charge in [-0.1, -0.05) is 64.2 Å². The third-order valence-corrected chi connectivity index (χ3v) is 5.14. The second-order valence-corrected chi connectivity index (χ2v) is 7.19. The predicted octanol–water partition coefficient (Wildman–Crippen LogP) is 6.30. The summed E-state index contributed by atoms with van der Waals surface area (Å²) in [4.78, 5) is 12.1. The summed E-state index contributed by atoms with van der Waals surface area (Å²) in [5.41, 5.74) is 0.733. The van der Waals surface area contributed by atoms with E-state index in [-0.39, 0.29) is 5.63 Å². The summed E-state index contributed by atoms with van der Waals surface area (Å²) >= 11 is 1.45. The van der Waals surface area contributed by atoms with Gasteiger partial charge in [0.05, 0.1) is 5.56 Å². The molecule has 0 radical (unpaired) electrons. The average Bonchev–Trinajstić information content (AvgIpc) is 3.07. The summed E-state index contributed by atoms with van der Waals surface area (Å²) in [6, 6.07) is 2.01. The van der Waals surface area contributed by atoms with Crippen molar-refractivity contribution < 1.29 is 4.42 Å². The van der Waals surface area contributed by atoms with Gasteiger partial charge in [0.1, 0.15) is 10.5 Å². The molecule has 24 heavy (non-hydrogen) atoms. The maximum atomic E-state index is 12.1. The molecule has 2 heterocycles. The molecule has 0 amide bonds. The zero-order valence-electron chi connectivity index (χ0n) is 15.0. The number of fused-ring (bicyclic) bond motifs is 1. The van der Waals surface area contributed by atoms with Gasteiger partial charge in [0.25, 0.3) is 0 Å². The quantitative estimate of drug-likeness (QED) is 0.395. The lowest BCUT2D eigenvalue weighted by Gasteiger charge is -2.04. The average molecular weight is 345 g/mol. The van der Waals surface area contributed by atoms with Gasteiger partial charge >= 0.3 is 5.63 Å². The van der Waals surface area contributed by atoms with Gasteiger partial charge in [-0.25, -0.2) is 4.79 Å². The first-order chi connectivity index (χ1) is 11.8. The summed E-state index contributed by atoms with van der Waals surface area (Å²) < 4.78 is 6.31. The van der Waals surface area contributed by atoms with Crippen LogP contribution in [0.5, 0.6) is 0 Å². The molecule has 0 spiro atoms. The van der Waals surface area contributed by atoms with Crippen molar-refractivity contribution in [3.63, 3.8) is 0 Å². The molecule has 2 rings (SSSR count). The molecule has 0 N–H and O–H groups in total. The molecule has 0 aliphatic carbocycles. The second-order valence-electron chi connectivity index (χ2n) is 6.27. The Morgan fingerprint density at radius 2 is 1.79 bits per heavy atom. The Kier molecular flexibility index (Phi) is 8.12. The first-order valence-electron chi connectivity index (χ1n) is 9.30. The first kappa shape index (κ1) is 18.8. The van der Waals surface area contributed by atoms with E-state index >= 15 is 0 Å². The lowest BCUT2D eigenvalue weighted by molar-refractivity contribution is 0.455. The van der Waals surface area contributed by atoms with E-state index in [0.29, 0.717) is 4.70 Å². The van der Waals surface area contributed by atoms with Gasteiger partial charge in [0, 0.05) is 18.2 Å². The summed E-state index contributed by atoms with van der Waals surface area (Å²) in [6.45, 7) is 4.42. The van der Waals surface area contributed by atoms with Crippen LogP contribution in [0.2, 0.25) is 0 Å². The molecule has 0 unspecified atom stereocenters. The Labute approximate surface area is 149 Å². The molecule has 2 nitrogen and oxygen atoms in total. The molecular formula is C21H28O2S. The molecule has 0 aromatic carbocycles. The van der Waals surface area contributed by atoms with Crippen molar-refractivity contribution in [3.05, 3.63) is 33.2 Å². The fourth-order valence-corrected chi connectivity index (χ4v) is 3.62. The smallest absolute Gasteiger partial charge is 0.354 e. The number of aryl methyl sites for hydroxylation is 1. The van der Waals surface area contributed by atoms with E-state index in [2.05, 4.69) is 25.7 Å². The van der Waals surface area contributed by atoms with Crippen molar-refractivity contribution in [1.82, 2.24) is 0 Å². The molecule has 0 fully saturated rings. The van der Waals surface area contributed by atoms with Crippen molar-refractivity contribution in [2.24, 2.45) is 0 Å². The Balaban J connectivity index is 2.17. The number of hydrogen-bond donors (Lipinski definition) is 0. The number of rotatable bonds is 9. The highest BCUT2D eigenvalue weighted by Gasteiger charge is 2.13. The number of hydrogen-bond acceptors (Lipinski definition) is 3. The maximum Gasteiger partial charge on any atom is 0.354 e. The lowest BCUT2D eigenvalue weighted by Crippen LogP contribution is -2.03. The van der Waals surface area contributed by atoms with Gasteiger partial charge in [0.15, 0.2) is 0 Å². The van der Waals surface area contributed by atoms with E-state index in [0.717, 1.165) is 42.4 Å². The first-order valence-corrected chi connectivity index (χ1v) is 10.2. The third kappa shape index (κ3) is 5.24. The van der Waals surface area contributed by atoms with E-state index in [9.17, 15) is 4.79 Å². The van der Waals surface area contributed by atoms with E-state index in [1.807, 2.05) is 11.4 Å². The van der Waals surface area contributed by atoms with Gasteiger partial charge < -0.3 is 4.42 Å². The van der Waals surface area contributed by atoms with Crippen LogP contribution in [0, 0.1) is 11.8 Å². The van der Waals surface area contributed by atoms with E-state index < -0.39 is 0 Å². The van der Waals surface area contributed by atoms with Crippen molar-refractivity contribution in [3.8, 4) is 11.8 Å². The minimum Gasteiger partial charge on any atom is -0.426 e. The van der Waals surface area contributed by atoms with Gasteiger partial charge in [-0.15, -0.1) is 11.3 Å². The molecule has 0 aliphatic rings. The number of unbranched alkanes of at least 4 members (excludes halogenated alkanes) is 7. The fraction of sp³-hybridized carbons (Fsp3) is 0.571. The van der Waals surface area contributed by atoms with Crippen molar-refractivity contribution >= 4 is 21.4 Å². The largest absolute Gasteiger partial charge is 0.426 e. The van der Waals surface area contributed by atoms with Gasteiger partial charge in [-0.05, 0) is 24.3 Å². The SMILES string of the molecule is CCCCCCC#Cc1c(CCCCCC)oc(=O)c2sccc12. The monoisotopic (exact) mass is 344 g/mol. The van der Waals surface area contributed by atoms with Crippen LogP contribution in [0.25, 0.3) is 10.1 Å². The maximum absolute atomic E-state index is 12.1. The van der Waals surface area contributed by atoms with Crippen molar-refractivity contribution in [2.45, 2.75) is 78.1 Å². The summed E-state index contributed by atoms with van der Waals surface area (Å²) in [5.74, 6) is 7.39. The van der Waals surface area contributed by atoms with Crippen LogP contribution in [0.15, 0.2) is 20.7 Å². The molecule has 0 saturated carbocycles. The molecular weight excluding hydrogens is 316 g/mol. The summed E-state index contributed by atoms with van der Waals surface area (Å²) in [5, 5.41) is 2.93. The number of thiophene rings is 1. The minimum absolute atomic E-state index is 0.209. The van der Waals surface area contributed by atoms with Crippen LogP contribution in [-0.2, 0) is 6.42 Å². The predicted molar refractivity (Wildman–Crippen MR) is 104 cm³/mol. The highest BCUT2D eigenvalue weighted by atomic mass is 32.1. The normalized spacial score (nSPS) is 10.8. The van der Waals surface area contributed by atoms with Crippen LogP contribution >= 0.6 is 11.3 Å². The van der Waals surface area contributed by atoms with Crippen molar-refractivity contribution in [1.29, 1.82) is 0 Å². The van der Waals surface area contributed by atoms with E-state index in [4.69, 9.17) is 4.42 Å². The van der Waals surface area contributed by atoms with Crippen LogP contribution in [0.3, 0.4) is 0 Å². The third-order valence-electron chi connectivity index (χ3n) is 4.24. The molecule has 2 aromatic heterocycles. The highest BCUT2D eigenvalue weighted by Crippen LogP contribution is 2.24. The van der Waals surface area contributed by atoms with E-state index in [1.165, 1.54) is 49.9 Å². The second kappa shape index (κ2) is 10.4. The fourth-order valence-electron chi connectivity index (χ4n) is 2.84. The van der Waals surface area contributed by atoms with Gasteiger partial charge in [0.2, 0.25) is 0 Å². The molecule has 3 heteroatoms. The Morgan fingerprint density at radius 3 is 2.54 bits per heavy atom. The standard InChI is InChI=1S/C21H28O2S/c1-3-5-7-9-10-11-13-17-18-15-16-24-20(18)21(22)23-19(17)14-12-8-6-4-2/h15-16H,3-10,12,14H2,1-2H3. The van der Waals surface area contributed by atoms with Crippen LogP contribution in [-0.4, -0.2) is 0 Å². The van der Waals surface area contributed by atoms with Crippen LogP contribution in [0.1, 0.15) is 83.0 Å². The van der Waals surface area contributed by atoms with Crippen LogP contribution < -0.4 is 5.63 Å². The zero-order chi connectivity index (χ0) is 17.2. The Morgan fingerprint density at radius 1 is 1.04 bits per heavy atom. The topological polar surface area (TPSA) is 30.2 Å². The molecule has 130 valence electrons. The molecule has 0 aliphatic heterocycles. The molecule has 0 bridgehead atoms. The Hall–Kier alpha value is -1.53. The highest BCUT2D eigenvalue weighted by molar-refractivity contribution is 7.17. The van der Waals surface area contributed by atoms with Crippen molar-refractivity contribution in [2.75, 3.05) is 0 Å². The minimum atomic E-state index is -0.209. The summed E-state index contributed by atoms with van der Waals surface area (Å²) in [6.07, 6.45) is 11.3. The lowest BCUT2D eigenvalue weighted by atomic mass is 10.0. The summed E-state index contributed by atoms with van der Waals surface area (Å²) in [7, 11) is 0. The molecule has 2 aromatic rings. The zero-order valence-corrected chi connectivity index (χ0v) is 15.8. The van der Waals surface area contributed by atoms with Gasteiger partial charge in [-0.3, -0.25) is 0 Å². The Bertz CT molecular complexity index is 743. The molecule has 0 atom stereocenters. The van der Waals surface area contributed by atoms with Crippen LogP contribution in [0.4, 0.5) is 0 Å². The van der Waals surface area contributed by atoms with E-state index in [1.54, 1.807) is 0 Å². The molecule has 0 saturated heterocycles.